The molecular weight excluding hydrogens is 268 g/mol. The predicted molar refractivity (Wildman–Crippen MR) is 74.7 cm³/mol. The van der Waals surface area contributed by atoms with E-state index in [2.05, 4.69) is 21.4 Å². The minimum atomic E-state index is 0.480. The van der Waals surface area contributed by atoms with Gasteiger partial charge in [-0.3, -0.25) is 0 Å². The van der Waals surface area contributed by atoms with Crippen molar-refractivity contribution in [2.75, 3.05) is 6.61 Å². The van der Waals surface area contributed by atoms with Gasteiger partial charge in [0.1, 0.15) is 11.0 Å². The molecule has 0 unspecified atom stereocenters. The number of thiophene rings is 1. The third-order valence-electron chi connectivity index (χ3n) is 2.57. The smallest absolute Gasteiger partial charge is 0.221 e. The molecule has 96 valence electrons. The number of aryl methyl sites for hydroxylation is 1. The van der Waals surface area contributed by atoms with Crippen LogP contribution in [0.3, 0.4) is 0 Å². The molecule has 2 heterocycles. The van der Waals surface area contributed by atoms with E-state index in [1.165, 1.54) is 4.88 Å². The zero-order chi connectivity index (χ0) is 13.0. The van der Waals surface area contributed by atoms with Crippen LogP contribution in [-0.2, 0) is 12.8 Å². The molecule has 0 amide bonds. The van der Waals surface area contributed by atoms with Crippen molar-refractivity contribution in [3.8, 4) is 5.88 Å². The van der Waals surface area contributed by atoms with Crippen LogP contribution < -0.4 is 4.74 Å². The molecule has 0 atom stereocenters. The molecule has 0 N–H and O–H groups in total. The fourth-order valence-corrected chi connectivity index (χ4v) is 2.38. The summed E-state index contributed by atoms with van der Waals surface area (Å²) in [6.07, 6.45) is 1.64. The van der Waals surface area contributed by atoms with Gasteiger partial charge in [-0.05, 0) is 18.4 Å². The summed E-state index contributed by atoms with van der Waals surface area (Å²) in [6.45, 7) is 4.48. The number of aromatic nitrogens is 2. The zero-order valence-electron chi connectivity index (χ0n) is 10.4. The van der Waals surface area contributed by atoms with Gasteiger partial charge in [-0.1, -0.05) is 24.6 Å². The molecule has 0 aliphatic carbocycles. The summed E-state index contributed by atoms with van der Waals surface area (Å²) in [4.78, 5) is 9.85. The molecule has 5 heteroatoms. The van der Waals surface area contributed by atoms with E-state index >= 15 is 0 Å². The van der Waals surface area contributed by atoms with Gasteiger partial charge in [0, 0.05) is 23.3 Å². The standard InChI is InChI=1S/C13H15ClN2OS/c1-3-11-15-12(14)9(2)13(16-11)17-7-6-10-5-4-8-18-10/h4-5,8H,3,6-7H2,1-2H3. The highest BCUT2D eigenvalue weighted by atomic mass is 35.5. The van der Waals surface area contributed by atoms with Gasteiger partial charge in [-0.15, -0.1) is 11.3 Å². The first kappa shape index (κ1) is 13.3. The van der Waals surface area contributed by atoms with E-state index in [4.69, 9.17) is 16.3 Å². The van der Waals surface area contributed by atoms with E-state index in [1.807, 2.05) is 19.9 Å². The highest BCUT2D eigenvalue weighted by molar-refractivity contribution is 7.09. The molecule has 0 saturated heterocycles. The molecule has 0 saturated carbocycles. The minimum absolute atomic E-state index is 0.480. The molecule has 3 nitrogen and oxygen atoms in total. The van der Waals surface area contributed by atoms with Crippen LogP contribution in [0.5, 0.6) is 5.88 Å². The van der Waals surface area contributed by atoms with E-state index in [1.54, 1.807) is 11.3 Å². The lowest BCUT2D eigenvalue weighted by molar-refractivity contribution is 0.306. The first-order chi connectivity index (χ1) is 8.70. The molecule has 0 radical (unpaired) electrons. The van der Waals surface area contributed by atoms with Crippen molar-refractivity contribution in [2.45, 2.75) is 26.7 Å². The lowest BCUT2D eigenvalue weighted by atomic mass is 10.3. The third-order valence-corrected chi connectivity index (χ3v) is 3.88. The van der Waals surface area contributed by atoms with Crippen LogP contribution in [0.2, 0.25) is 5.15 Å². The fourth-order valence-electron chi connectivity index (χ4n) is 1.51. The van der Waals surface area contributed by atoms with Crippen LogP contribution in [0.1, 0.15) is 23.2 Å². The van der Waals surface area contributed by atoms with Crippen LogP contribution in [0.25, 0.3) is 0 Å². The van der Waals surface area contributed by atoms with Gasteiger partial charge in [-0.25, -0.2) is 4.98 Å². The number of nitrogens with zero attached hydrogens (tertiary/aromatic N) is 2. The molecule has 0 aliphatic heterocycles. The number of ether oxygens (including phenoxy) is 1. The summed E-state index contributed by atoms with van der Waals surface area (Å²) in [5.41, 5.74) is 0.806. The van der Waals surface area contributed by atoms with Gasteiger partial charge in [0.05, 0.1) is 6.61 Å². The second kappa shape index (κ2) is 6.16. The molecule has 0 bridgehead atoms. The average molecular weight is 283 g/mol. The Morgan fingerprint density at radius 1 is 1.39 bits per heavy atom. The molecule has 2 aromatic rings. The van der Waals surface area contributed by atoms with Gasteiger partial charge in [-0.2, -0.15) is 4.98 Å². The van der Waals surface area contributed by atoms with Crippen molar-refractivity contribution >= 4 is 22.9 Å². The third kappa shape index (κ3) is 3.21. The molecular formula is C13H15ClN2OS. The lowest BCUT2D eigenvalue weighted by Crippen LogP contribution is -2.06. The van der Waals surface area contributed by atoms with Gasteiger partial charge >= 0.3 is 0 Å². The molecule has 0 aromatic carbocycles. The van der Waals surface area contributed by atoms with E-state index in [9.17, 15) is 0 Å². The van der Waals surface area contributed by atoms with E-state index in [0.29, 0.717) is 17.6 Å². The maximum atomic E-state index is 6.05. The number of hydrogen-bond donors (Lipinski definition) is 0. The van der Waals surface area contributed by atoms with Crippen molar-refractivity contribution in [1.82, 2.24) is 9.97 Å². The minimum Gasteiger partial charge on any atom is -0.477 e. The summed E-state index contributed by atoms with van der Waals surface area (Å²) in [7, 11) is 0. The maximum absolute atomic E-state index is 6.05. The number of halogens is 1. The second-order valence-electron chi connectivity index (χ2n) is 3.89. The normalized spacial score (nSPS) is 10.6. The van der Waals surface area contributed by atoms with Gasteiger partial charge in [0.2, 0.25) is 5.88 Å². The Balaban J connectivity index is 2.02. The van der Waals surface area contributed by atoms with Crippen molar-refractivity contribution in [3.63, 3.8) is 0 Å². The van der Waals surface area contributed by atoms with Crippen molar-refractivity contribution in [2.24, 2.45) is 0 Å². The van der Waals surface area contributed by atoms with E-state index < -0.39 is 0 Å². The van der Waals surface area contributed by atoms with E-state index in [-0.39, 0.29) is 0 Å². The maximum Gasteiger partial charge on any atom is 0.221 e. The Morgan fingerprint density at radius 2 is 2.22 bits per heavy atom. The molecule has 2 rings (SSSR count). The van der Waals surface area contributed by atoms with Gasteiger partial charge < -0.3 is 4.74 Å². The van der Waals surface area contributed by atoms with Gasteiger partial charge in [0.25, 0.3) is 0 Å². The highest BCUT2D eigenvalue weighted by Gasteiger charge is 2.09. The highest BCUT2D eigenvalue weighted by Crippen LogP contribution is 2.22. The van der Waals surface area contributed by atoms with Crippen molar-refractivity contribution in [1.29, 1.82) is 0 Å². The van der Waals surface area contributed by atoms with Crippen LogP contribution in [0.4, 0.5) is 0 Å². The Labute approximate surface area is 116 Å². The second-order valence-corrected chi connectivity index (χ2v) is 5.28. The molecule has 0 fully saturated rings. The Bertz CT molecular complexity index is 514. The SMILES string of the molecule is CCc1nc(Cl)c(C)c(OCCc2cccs2)n1. The Kier molecular flexibility index (Phi) is 4.55. The number of rotatable bonds is 5. The molecule has 18 heavy (non-hydrogen) atoms. The van der Waals surface area contributed by atoms with Crippen molar-refractivity contribution in [3.05, 3.63) is 38.9 Å². The summed E-state index contributed by atoms with van der Waals surface area (Å²) in [5, 5.41) is 2.55. The van der Waals surface area contributed by atoms with Gasteiger partial charge in [0.15, 0.2) is 0 Å². The molecule has 0 spiro atoms. The summed E-state index contributed by atoms with van der Waals surface area (Å²) < 4.78 is 5.70. The van der Waals surface area contributed by atoms with Crippen molar-refractivity contribution < 1.29 is 4.74 Å². The lowest BCUT2D eigenvalue weighted by Gasteiger charge is -2.09. The van der Waals surface area contributed by atoms with Crippen LogP contribution in [0.15, 0.2) is 17.5 Å². The quantitative estimate of drug-likeness (QED) is 0.785. The largest absolute Gasteiger partial charge is 0.477 e. The summed E-state index contributed by atoms with van der Waals surface area (Å²) in [5.74, 6) is 1.32. The van der Waals surface area contributed by atoms with Crippen LogP contribution in [0, 0.1) is 6.92 Å². The topological polar surface area (TPSA) is 35.0 Å². The number of hydrogen-bond acceptors (Lipinski definition) is 4. The summed E-state index contributed by atoms with van der Waals surface area (Å²) >= 11 is 7.78. The Morgan fingerprint density at radius 3 is 2.89 bits per heavy atom. The first-order valence-corrected chi connectivity index (χ1v) is 7.14. The first-order valence-electron chi connectivity index (χ1n) is 5.89. The molecule has 2 aromatic heterocycles. The molecule has 0 aliphatic rings. The van der Waals surface area contributed by atoms with E-state index in [0.717, 1.165) is 24.2 Å². The monoisotopic (exact) mass is 282 g/mol. The fraction of sp³-hybridized carbons (Fsp3) is 0.385. The zero-order valence-corrected chi connectivity index (χ0v) is 12.0. The van der Waals surface area contributed by atoms with Crippen LogP contribution in [-0.4, -0.2) is 16.6 Å². The average Bonchev–Trinajstić information content (AvgIpc) is 2.87. The Hall–Kier alpha value is -1.13. The van der Waals surface area contributed by atoms with Crippen LogP contribution >= 0.6 is 22.9 Å². The summed E-state index contributed by atoms with van der Waals surface area (Å²) in [6, 6.07) is 4.15. The predicted octanol–water partition coefficient (Wildman–Crippen LogP) is 3.68.